The minimum absolute atomic E-state index is 0.00421. The molecule has 3 N–H and O–H groups in total. The SMILES string of the molecule is NC(=O)c1c(Cl)c(-c2ccccc2)n2c1C(OC(=O)C(F)(F)F)NCC2. The van der Waals surface area contributed by atoms with E-state index in [1.165, 1.54) is 0 Å². The van der Waals surface area contributed by atoms with Crippen molar-refractivity contribution in [3.63, 3.8) is 0 Å². The number of ether oxygens (including phenoxy) is 1. The molecule has 0 saturated carbocycles. The highest BCUT2D eigenvalue weighted by Gasteiger charge is 2.44. The molecule has 1 aromatic carbocycles. The summed E-state index contributed by atoms with van der Waals surface area (Å²) in [5.74, 6) is -3.31. The van der Waals surface area contributed by atoms with Crippen molar-refractivity contribution < 1.29 is 27.5 Å². The Bertz CT molecular complexity index is 865. The second-order valence-corrected chi connectivity index (χ2v) is 5.92. The van der Waals surface area contributed by atoms with Gasteiger partial charge in [-0.25, -0.2) is 4.79 Å². The number of rotatable bonds is 3. The molecule has 10 heteroatoms. The van der Waals surface area contributed by atoms with Crippen LogP contribution in [0.5, 0.6) is 0 Å². The zero-order valence-corrected chi connectivity index (χ0v) is 13.9. The van der Waals surface area contributed by atoms with Crippen LogP contribution < -0.4 is 11.1 Å². The second-order valence-electron chi connectivity index (χ2n) is 5.54. The zero-order chi connectivity index (χ0) is 19.1. The van der Waals surface area contributed by atoms with Crippen molar-refractivity contribution in [1.82, 2.24) is 9.88 Å². The van der Waals surface area contributed by atoms with E-state index >= 15 is 0 Å². The zero-order valence-electron chi connectivity index (χ0n) is 13.1. The molecule has 0 bridgehead atoms. The number of benzene rings is 1. The second kappa shape index (κ2) is 6.65. The number of aromatic nitrogens is 1. The van der Waals surface area contributed by atoms with Crippen LogP contribution in [0.2, 0.25) is 5.02 Å². The van der Waals surface area contributed by atoms with Gasteiger partial charge in [0.2, 0.25) is 0 Å². The normalized spacial score (nSPS) is 16.8. The van der Waals surface area contributed by atoms with Gasteiger partial charge in [-0.2, -0.15) is 13.2 Å². The summed E-state index contributed by atoms with van der Waals surface area (Å²) >= 11 is 6.33. The number of amides is 1. The van der Waals surface area contributed by atoms with Crippen molar-refractivity contribution in [2.24, 2.45) is 5.73 Å². The third-order valence-electron chi connectivity index (χ3n) is 3.91. The fourth-order valence-corrected chi connectivity index (χ4v) is 3.30. The molecule has 0 spiro atoms. The van der Waals surface area contributed by atoms with Gasteiger partial charge in [-0.1, -0.05) is 41.9 Å². The Morgan fingerprint density at radius 1 is 1.27 bits per heavy atom. The number of primary amides is 1. The van der Waals surface area contributed by atoms with E-state index in [2.05, 4.69) is 10.1 Å². The summed E-state index contributed by atoms with van der Waals surface area (Å²) in [5, 5.41) is 2.63. The topological polar surface area (TPSA) is 86.3 Å². The monoisotopic (exact) mass is 387 g/mol. The number of esters is 1. The van der Waals surface area contributed by atoms with Crippen LogP contribution in [0.1, 0.15) is 22.3 Å². The molecule has 6 nitrogen and oxygen atoms in total. The van der Waals surface area contributed by atoms with Crippen molar-refractivity contribution in [2.75, 3.05) is 6.54 Å². The molecular weight excluding hydrogens is 375 g/mol. The van der Waals surface area contributed by atoms with E-state index in [9.17, 15) is 22.8 Å². The first-order chi connectivity index (χ1) is 12.2. The van der Waals surface area contributed by atoms with E-state index in [-0.39, 0.29) is 22.8 Å². The van der Waals surface area contributed by atoms with Gasteiger partial charge in [0.25, 0.3) is 5.91 Å². The van der Waals surface area contributed by atoms with Crippen LogP contribution in [0.25, 0.3) is 11.3 Å². The summed E-state index contributed by atoms with van der Waals surface area (Å²) in [6.07, 6.45) is -6.68. The van der Waals surface area contributed by atoms with Crippen LogP contribution in [-0.4, -0.2) is 29.2 Å². The Balaban J connectivity index is 2.15. The van der Waals surface area contributed by atoms with Crippen LogP contribution in [0.3, 0.4) is 0 Å². The number of alkyl halides is 3. The molecule has 2 aromatic rings. The average molecular weight is 388 g/mol. The Labute approximate surface area is 150 Å². The average Bonchev–Trinajstić information content (AvgIpc) is 2.87. The highest BCUT2D eigenvalue weighted by atomic mass is 35.5. The van der Waals surface area contributed by atoms with E-state index < -0.39 is 24.3 Å². The van der Waals surface area contributed by atoms with Gasteiger partial charge in [-0.05, 0) is 5.56 Å². The van der Waals surface area contributed by atoms with Crippen molar-refractivity contribution in [1.29, 1.82) is 0 Å². The number of halogens is 4. The lowest BCUT2D eigenvalue weighted by Crippen LogP contribution is -2.40. The maximum absolute atomic E-state index is 12.6. The van der Waals surface area contributed by atoms with E-state index in [4.69, 9.17) is 17.3 Å². The molecule has 1 aliphatic heterocycles. The van der Waals surface area contributed by atoms with Crippen LogP contribution >= 0.6 is 11.6 Å². The van der Waals surface area contributed by atoms with Gasteiger partial charge in [-0.15, -0.1) is 0 Å². The highest BCUT2D eigenvalue weighted by molar-refractivity contribution is 6.36. The Morgan fingerprint density at radius 3 is 2.50 bits per heavy atom. The standard InChI is InChI=1S/C16H13ClF3N3O3/c17-10-9(13(21)24)12-14(26-15(25)16(18,19)20)22-6-7-23(12)11(10)8-4-2-1-3-5-8/h1-5,14,22H,6-7H2,(H2,21,24). The number of nitrogens with two attached hydrogens (primary N) is 1. The fourth-order valence-electron chi connectivity index (χ4n) is 2.90. The molecule has 138 valence electrons. The Kier molecular flexibility index (Phi) is 4.68. The Hall–Kier alpha value is -2.52. The van der Waals surface area contributed by atoms with Gasteiger partial charge in [0, 0.05) is 13.1 Å². The molecule has 1 amide bonds. The van der Waals surface area contributed by atoms with Gasteiger partial charge in [0.1, 0.15) is 0 Å². The first kappa shape index (κ1) is 18.3. The van der Waals surface area contributed by atoms with E-state index in [1.807, 2.05) is 0 Å². The minimum Gasteiger partial charge on any atom is -0.434 e. The lowest BCUT2D eigenvalue weighted by Gasteiger charge is -2.28. The minimum atomic E-state index is -5.17. The van der Waals surface area contributed by atoms with Gasteiger partial charge in [0.15, 0.2) is 6.23 Å². The van der Waals surface area contributed by atoms with E-state index in [0.717, 1.165) is 0 Å². The van der Waals surface area contributed by atoms with Crippen LogP contribution in [0.4, 0.5) is 13.2 Å². The molecule has 0 saturated heterocycles. The third kappa shape index (κ3) is 3.15. The number of carbonyl (C=O) groups excluding carboxylic acids is 2. The van der Waals surface area contributed by atoms with Gasteiger partial charge < -0.3 is 15.0 Å². The number of hydrogen-bond donors (Lipinski definition) is 2. The molecule has 2 heterocycles. The number of hydrogen-bond acceptors (Lipinski definition) is 4. The lowest BCUT2D eigenvalue weighted by atomic mass is 10.1. The van der Waals surface area contributed by atoms with E-state index in [0.29, 0.717) is 17.8 Å². The molecular formula is C16H13ClF3N3O3. The molecule has 3 rings (SSSR count). The van der Waals surface area contributed by atoms with Crippen LogP contribution in [0.15, 0.2) is 30.3 Å². The quantitative estimate of drug-likeness (QED) is 0.793. The highest BCUT2D eigenvalue weighted by Crippen LogP contribution is 2.40. The molecule has 1 aromatic heterocycles. The lowest BCUT2D eigenvalue weighted by molar-refractivity contribution is -0.207. The van der Waals surface area contributed by atoms with Crippen molar-refractivity contribution >= 4 is 23.5 Å². The Morgan fingerprint density at radius 2 is 1.92 bits per heavy atom. The predicted octanol–water partition coefficient (Wildman–Crippen LogP) is 2.61. The molecule has 26 heavy (non-hydrogen) atoms. The van der Waals surface area contributed by atoms with Crippen molar-refractivity contribution in [3.8, 4) is 11.3 Å². The van der Waals surface area contributed by atoms with Crippen molar-refractivity contribution in [3.05, 3.63) is 46.6 Å². The number of nitrogens with zero attached hydrogens (tertiary/aromatic N) is 1. The van der Waals surface area contributed by atoms with Gasteiger partial charge in [-0.3, -0.25) is 10.1 Å². The molecule has 0 aliphatic carbocycles. The molecule has 1 atom stereocenters. The maximum Gasteiger partial charge on any atom is 0.490 e. The number of carbonyl (C=O) groups is 2. The summed E-state index contributed by atoms with van der Waals surface area (Å²) in [5.41, 5.74) is 6.26. The molecule has 0 fully saturated rings. The third-order valence-corrected chi connectivity index (χ3v) is 4.28. The van der Waals surface area contributed by atoms with Crippen molar-refractivity contribution in [2.45, 2.75) is 18.9 Å². The first-order valence-corrected chi connectivity index (χ1v) is 7.88. The predicted molar refractivity (Wildman–Crippen MR) is 86.3 cm³/mol. The van der Waals surface area contributed by atoms with Crippen LogP contribution in [0, 0.1) is 0 Å². The largest absolute Gasteiger partial charge is 0.490 e. The first-order valence-electron chi connectivity index (χ1n) is 7.50. The number of fused-ring (bicyclic) bond motifs is 1. The maximum atomic E-state index is 12.6. The fraction of sp³-hybridized carbons (Fsp3) is 0.250. The summed E-state index contributed by atoms with van der Waals surface area (Å²) in [7, 11) is 0. The van der Waals surface area contributed by atoms with Crippen LogP contribution in [-0.2, 0) is 16.1 Å². The van der Waals surface area contributed by atoms with Gasteiger partial charge in [0.05, 0.1) is 22.0 Å². The number of nitrogens with one attached hydrogen (secondary N) is 1. The molecule has 1 aliphatic rings. The summed E-state index contributed by atoms with van der Waals surface area (Å²) in [6, 6.07) is 8.74. The summed E-state index contributed by atoms with van der Waals surface area (Å²) < 4.78 is 43.7. The molecule has 0 radical (unpaired) electrons. The van der Waals surface area contributed by atoms with Gasteiger partial charge >= 0.3 is 12.1 Å². The molecule has 1 unspecified atom stereocenters. The summed E-state index contributed by atoms with van der Waals surface area (Å²) in [4.78, 5) is 23.1. The smallest absolute Gasteiger partial charge is 0.434 e. The summed E-state index contributed by atoms with van der Waals surface area (Å²) in [6.45, 7) is 0.498. The van der Waals surface area contributed by atoms with E-state index in [1.54, 1.807) is 34.9 Å².